The Hall–Kier alpha value is -2.79. The fourth-order valence-electron chi connectivity index (χ4n) is 8.00. The van der Waals surface area contributed by atoms with Gasteiger partial charge in [0.2, 0.25) is 12.5 Å². The van der Waals surface area contributed by atoms with Crippen LogP contribution in [-0.4, -0.2) is 30.8 Å². The zero-order chi connectivity index (χ0) is 24.3. The lowest BCUT2D eigenvalue weighted by molar-refractivity contribution is -0.0792. The normalized spacial score (nSPS) is 27.9. The zero-order valence-electron chi connectivity index (χ0n) is 21.1. The van der Waals surface area contributed by atoms with Crippen LogP contribution in [-0.2, 0) is 6.42 Å². The molecule has 5 nitrogen and oxygen atoms in total. The van der Waals surface area contributed by atoms with E-state index in [2.05, 4.69) is 36.2 Å². The molecular weight excluding hydrogens is 450 g/mol. The summed E-state index contributed by atoms with van der Waals surface area (Å²) in [5.74, 6) is 4.71. The Morgan fingerprint density at radius 3 is 2.36 bits per heavy atom. The predicted molar refractivity (Wildman–Crippen MR) is 141 cm³/mol. The van der Waals surface area contributed by atoms with Gasteiger partial charge in [0.1, 0.15) is 5.76 Å². The van der Waals surface area contributed by atoms with Crippen LogP contribution in [0.2, 0.25) is 0 Å². The lowest BCUT2D eigenvalue weighted by Crippen LogP contribution is -2.58. The van der Waals surface area contributed by atoms with E-state index in [9.17, 15) is 4.79 Å². The molecule has 0 unspecified atom stereocenters. The van der Waals surface area contributed by atoms with Crippen molar-refractivity contribution in [3.8, 4) is 22.8 Å². The second-order valence-electron chi connectivity index (χ2n) is 11.9. The smallest absolute Gasteiger partial charge is 0.231 e. The van der Waals surface area contributed by atoms with Crippen LogP contribution in [0.4, 0.5) is 0 Å². The fraction of sp³-hybridized carbons (Fsp3) is 0.516. The Morgan fingerprint density at radius 2 is 1.64 bits per heavy atom. The van der Waals surface area contributed by atoms with E-state index in [1.54, 1.807) is 18.2 Å². The summed E-state index contributed by atoms with van der Waals surface area (Å²) in [6.45, 7) is 1.36. The molecule has 4 aliphatic carbocycles. The van der Waals surface area contributed by atoms with Gasteiger partial charge in [-0.15, -0.1) is 0 Å². The van der Waals surface area contributed by atoms with E-state index in [1.807, 2.05) is 0 Å². The van der Waals surface area contributed by atoms with Crippen molar-refractivity contribution in [2.24, 2.45) is 17.8 Å². The second kappa shape index (κ2) is 8.65. The van der Waals surface area contributed by atoms with Crippen molar-refractivity contribution in [3.05, 3.63) is 58.3 Å². The van der Waals surface area contributed by atoms with E-state index in [0.717, 1.165) is 29.7 Å². The summed E-state index contributed by atoms with van der Waals surface area (Å²) in [7, 11) is 2.39. The molecule has 3 aromatic rings. The highest BCUT2D eigenvalue weighted by Gasteiger charge is 2.52. The number of aryl methyl sites for hydroxylation is 1. The van der Waals surface area contributed by atoms with Gasteiger partial charge in [-0.1, -0.05) is 24.3 Å². The highest BCUT2D eigenvalue weighted by Crippen LogP contribution is 2.57. The van der Waals surface area contributed by atoms with Gasteiger partial charge in [-0.25, -0.2) is 0 Å². The summed E-state index contributed by atoms with van der Waals surface area (Å²) < 4.78 is 17.1. The summed E-state index contributed by atoms with van der Waals surface area (Å²) in [6.07, 6.45) is 12.4. The van der Waals surface area contributed by atoms with Crippen molar-refractivity contribution in [3.63, 3.8) is 0 Å². The van der Waals surface area contributed by atoms with Crippen LogP contribution in [0.3, 0.4) is 0 Å². The van der Waals surface area contributed by atoms with Crippen LogP contribution in [0, 0.1) is 17.8 Å². The minimum atomic E-state index is -0.0724. The third kappa shape index (κ3) is 3.83. The molecule has 5 heteroatoms. The minimum absolute atomic E-state index is 0.0724. The van der Waals surface area contributed by atoms with Crippen molar-refractivity contribution in [2.75, 3.05) is 20.4 Å². The van der Waals surface area contributed by atoms with Gasteiger partial charge in [0.05, 0.1) is 5.39 Å². The first-order valence-corrected chi connectivity index (χ1v) is 13.7. The molecule has 1 aromatic heterocycles. The van der Waals surface area contributed by atoms with Gasteiger partial charge < -0.3 is 18.8 Å². The van der Waals surface area contributed by atoms with E-state index in [0.29, 0.717) is 33.8 Å². The minimum Gasteiger partial charge on any atom is -0.453 e. The van der Waals surface area contributed by atoms with Crippen molar-refractivity contribution in [1.29, 1.82) is 0 Å². The Morgan fingerprint density at radius 1 is 0.917 bits per heavy atom. The molecule has 1 aliphatic heterocycles. The molecule has 0 radical (unpaired) electrons. The SMILES string of the molecule is CN(CCCCc1ccc(-c2cc(=O)c3ccc4c(c3o2)OCO4)cc1)C12CC3CC(CC(C3)C1)C2. The average Bonchev–Trinajstić information content (AvgIpc) is 3.36. The molecule has 4 fully saturated rings. The number of ether oxygens (including phenoxy) is 2. The molecular formula is C31H35NO4. The highest BCUT2D eigenvalue weighted by atomic mass is 16.7. The van der Waals surface area contributed by atoms with Gasteiger partial charge in [-0.3, -0.25) is 4.79 Å². The van der Waals surface area contributed by atoms with Crippen LogP contribution >= 0.6 is 0 Å². The van der Waals surface area contributed by atoms with Gasteiger partial charge in [-0.2, -0.15) is 0 Å². The lowest BCUT2D eigenvalue weighted by atomic mass is 9.52. The Kier molecular flexibility index (Phi) is 5.39. The first kappa shape index (κ1) is 22.4. The summed E-state index contributed by atoms with van der Waals surface area (Å²) in [4.78, 5) is 15.5. The molecule has 2 heterocycles. The monoisotopic (exact) mass is 485 g/mol. The van der Waals surface area contributed by atoms with E-state index >= 15 is 0 Å². The van der Waals surface area contributed by atoms with Crippen LogP contribution in [0.25, 0.3) is 22.3 Å². The number of nitrogens with zero attached hydrogens (tertiary/aromatic N) is 1. The number of hydrogen-bond acceptors (Lipinski definition) is 5. The quantitative estimate of drug-likeness (QED) is 0.362. The zero-order valence-corrected chi connectivity index (χ0v) is 21.1. The second-order valence-corrected chi connectivity index (χ2v) is 11.9. The highest BCUT2D eigenvalue weighted by molar-refractivity contribution is 5.87. The molecule has 36 heavy (non-hydrogen) atoms. The van der Waals surface area contributed by atoms with E-state index in [-0.39, 0.29) is 12.2 Å². The molecule has 0 N–H and O–H groups in total. The Balaban J connectivity index is 0.985. The van der Waals surface area contributed by atoms with Gasteiger partial charge in [-0.05, 0) is 107 Å². The predicted octanol–water partition coefficient (Wildman–Crippen LogP) is 6.41. The largest absolute Gasteiger partial charge is 0.453 e. The summed E-state index contributed by atoms with van der Waals surface area (Å²) in [5, 5.41) is 0.512. The van der Waals surface area contributed by atoms with Gasteiger partial charge in [0.15, 0.2) is 16.8 Å². The molecule has 4 bridgehead atoms. The topological polar surface area (TPSA) is 51.9 Å². The fourth-order valence-corrected chi connectivity index (χ4v) is 8.00. The molecule has 0 atom stereocenters. The molecule has 5 aliphatic rings. The summed E-state index contributed by atoms with van der Waals surface area (Å²) in [5.41, 5.74) is 3.13. The maximum atomic E-state index is 12.7. The Labute approximate surface area is 212 Å². The van der Waals surface area contributed by atoms with Crippen LogP contribution < -0.4 is 14.9 Å². The average molecular weight is 486 g/mol. The lowest BCUT2D eigenvalue weighted by Gasteiger charge is -2.60. The van der Waals surface area contributed by atoms with E-state index in [1.165, 1.54) is 63.5 Å². The number of unbranched alkanes of at least 4 members (excludes halogenated alkanes) is 1. The van der Waals surface area contributed by atoms with Crippen LogP contribution in [0.1, 0.15) is 56.9 Å². The molecule has 4 saturated carbocycles. The third-order valence-electron chi connectivity index (χ3n) is 9.50. The molecule has 0 amide bonds. The third-order valence-corrected chi connectivity index (χ3v) is 9.50. The van der Waals surface area contributed by atoms with Gasteiger partial charge >= 0.3 is 0 Å². The standard InChI is InChI=1S/C31H35NO4/c1-32(31-16-21-12-22(17-31)14-23(13-21)18-31)11-3-2-4-20-5-7-24(8-6-20)28-15-26(33)25-9-10-27-30(29(25)36-28)35-19-34-27/h5-10,15,21-23H,2-4,11-14,16-19H2,1H3. The molecule has 0 spiro atoms. The van der Waals surface area contributed by atoms with Crippen molar-refractivity contribution in [2.45, 2.75) is 63.3 Å². The summed E-state index contributed by atoms with van der Waals surface area (Å²) in [6, 6.07) is 13.5. The molecule has 8 rings (SSSR count). The summed E-state index contributed by atoms with van der Waals surface area (Å²) >= 11 is 0. The molecule has 0 saturated heterocycles. The number of fused-ring (bicyclic) bond motifs is 3. The molecule has 188 valence electrons. The van der Waals surface area contributed by atoms with Gasteiger partial charge in [0, 0.05) is 17.2 Å². The molecule has 2 aromatic carbocycles. The van der Waals surface area contributed by atoms with E-state index < -0.39 is 0 Å². The Bertz CT molecular complexity index is 1310. The maximum Gasteiger partial charge on any atom is 0.231 e. The number of rotatable bonds is 7. The van der Waals surface area contributed by atoms with Gasteiger partial charge in [0.25, 0.3) is 0 Å². The van der Waals surface area contributed by atoms with Crippen molar-refractivity contribution >= 4 is 11.0 Å². The van der Waals surface area contributed by atoms with Crippen LogP contribution in [0.15, 0.2) is 51.7 Å². The first-order chi connectivity index (χ1) is 17.6. The van der Waals surface area contributed by atoms with Crippen molar-refractivity contribution in [1.82, 2.24) is 4.90 Å². The van der Waals surface area contributed by atoms with Crippen LogP contribution in [0.5, 0.6) is 11.5 Å². The maximum absolute atomic E-state index is 12.7. The number of benzene rings is 2. The van der Waals surface area contributed by atoms with Crippen molar-refractivity contribution < 1.29 is 13.9 Å². The van der Waals surface area contributed by atoms with E-state index in [4.69, 9.17) is 13.9 Å². The number of hydrogen-bond donors (Lipinski definition) is 0. The first-order valence-electron chi connectivity index (χ1n) is 13.7.